The van der Waals surface area contributed by atoms with E-state index in [0.717, 1.165) is 20.3 Å². The zero-order chi connectivity index (χ0) is 10.8. The number of hydrogen-bond acceptors (Lipinski definition) is 5. The third kappa shape index (κ3) is 2.76. The maximum atomic E-state index is 4.42. The summed E-state index contributed by atoms with van der Waals surface area (Å²) in [5.41, 5.74) is 0. The van der Waals surface area contributed by atoms with Crippen molar-refractivity contribution in [3.8, 4) is 10.7 Å². The van der Waals surface area contributed by atoms with Gasteiger partial charge in [-0.2, -0.15) is 9.36 Å². The van der Waals surface area contributed by atoms with E-state index >= 15 is 0 Å². The molecule has 2 heterocycles. The lowest BCUT2D eigenvalue weighted by Crippen LogP contribution is -2.08. The first-order valence-corrected chi connectivity index (χ1v) is 6.94. The molecule has 0 bridgehead atoms. The largest absolute Gasteiger partial charge is 0.358 e. The summed E-state index contributed by atoms with van der Waals surface area (Å²) >= 11 is 6.46. The lowest BCUT2D eigenvalue weighted by molar-refractivity contribution is 0.897. The molecule has 0 spiro atoms. The van der Waals surface area contributed by atoms with Crippen molar-refractivity contribution in [1.82, 2.24) is 9.36 Å². The Hall–Kier alpha value is -0.460. The van der Waals surface area contributed by atoms with Crippen molar-refractivity contribution in [2.45, 2.75) is 19.9 Å². The van der Waals surface area contributed by atoms with Crippen LogP contribution in [0.1, 0.15) is 13.8 Å². The molecule has 6 heteroatoms. The highest BCUT2D eigenvalue weighted by Gasteiger charge is 2.08. The van der Waals surface area contributed by atoms with E-state index < -0.39 is 0 Å². The van der Waals surface area contributed by atoms with Gasteiger partial charge in [-0.05, 0) is 35.8 Å². The number of hydrogen-bond donors (Lipinski definition) is 1. The van der Waals surface area contributed by atoms with Crippen LogP contribution in [0.4, 0.5) is 5.13 Å². The molecule has 0 saturated carbocycles. The molecule has 15 heavy (non-hydrogen) atoms. The fourth-order valence-electron chi connectivity index (χ4n) is 1.06. The van der Waals surface area contributed by atoms with Crippen LogP contribution in [-0.4, -0.2) is 15.4 Å². The summed E-state index contributed by atoms with van der Waals surface area (Å²) < 4.78 is 5.39. The molecular formula is C9H10BrN3S2. The molecule has 2 rings (SSSR count). The van der Waals surface area contributed by atoms with Gasteiger partial charge in [-0.25, -0.2) is 0 Å². The maximum absolute atomic E-state index is 4.42. The molecular weight excluding hydrogens is 294 g/mol. The van der Waals surface area contributed by atoms with Crippen LogP contribution in [0.3, 0.4) is 0 Å². The zero-order valence-corrected chi connectivity index (χ0v) is 11.5. The summed E-state index contributed by atoms with van der Waals surface area (Å²) in [6, 6.07) is 2.42. The Morgan fingerprint density at radius 3 is 2.87 bits per heavy atom. The Labute approximate surface area is 105 Å². The van der Waals surface area contributed by atoms with Gasteiger partial charge >= 0.3 is 0 Å². The molecule has 3 nitrogen and oxygen atoms in total. The summed E-state index contributed by atoms with van der Waals surface area (Å²) in [5.74, 6) is 0.804. The van der Waals surface area contributed by atoms with Gasteiger partial charge in [0.25, 0.3) is 0 Å². The molecule has 0 aliphatic carbocycles. The van der Waals surface area contributed by atoms with Gasteiger partial charge in [-0.3, -0.25) is 0 Å². The van der Waals surface area contributed by atoms with E-state index in [9.17, 15) is 0 Å². The van der Waals surface area contributed by atoms with Crippen molar-refractivity contribution >= 4 is 43.9 Å². The topological polar surface area (TPSA) is 37.8 Å². The molecule has 0 aromatic carbocycles. The first-order chi connectivity index (χ1) is 7.15. The van der Waals surface area contributed by atoms with Crippen molar-refractivity contribution in [2.24, 2.45) is 0 Å². The van der Waals surface area contributed by atoms with Crippen molar-refractivity contribution in [3.05, 3.63) is 15.9 Å². The normalized spacial score (nSPS) is 10.9. The highest BCUT2D eigenvalue weighted by Crippen LogP contribution is 2.29. The van der Waals surface area contributed by atoms with Gasteiger partial charge in [0.15, 0.2) is 5.82 Å². The second kappa shape index (κ2) is 4.59. The van der Waals surface area contributed by atoms with Crippen LogP contribution in [0.5, 0.6) is 0 Å². The van der Waals surface area contributed by atoms with E-state index in [1.165, 1.54) is 11.5 Å². The van der Waals surface area contributed by atoms with Crippen LogP contribution >= 0.6 is 38.8 Å². The standard InChI is InChI=1S/C9H10BrN3S2/c1-5(2)11-9-12-8(13-15-9)7-3-6(10)4-14-7/h3-5H,1-2H3,(H,11,12,13). The fourth-order valence-corrected chi connectivity index (χ4v) is 3.21. The van der Waals surface area contributed by atoms with Crippen molar-refractivity contribution < 1.29 is 0 Å². The minimum atomic E-state index is 0.390. The first-order valence-electron chi connectivity index (χ1n) is 4.50. The van der Waals surface area contributed by atoms with Gasteiger partial charge < -0.3 is 5.32 Å². The number of halogens is 1. The smallest absolute Gasteiger partial charge is 0.203 e. The van der Waals surface area contributed by atoms with Crippen LogP contribution in [0.15, 0.2) is 15.9 Å². The van der Waals surface area contributed by atoms with Crippen molar-refractivity contribution in [3.63, 3.8) is 0 Å². The molecule has 0 unspecified atom stereocenters. The lowest BCUT2D eigenvalue weighted by atomic mass is 10.4. The van der Waals surface area contributed by atoms with Crippen molar-refractivity contribution in [2.75, 3.05) is 5.32 Å². The van der Waals surface area contributed by atoms with Gasteiger partial charge in [0, 0.05) is 27.4 Å². The molecule has 0 amide bonds. The summed E-state index contributed by atoms with van der Waals surface area (Å²) in [6.45, 7) is 4.17. The highest BCUT2D eigenvalue weighted by atomic mass is 79.9. The van der Waals surface area contributed by atoms with Gasteiger partial charge in [0.05, 0.1) is 4.88 Å². The molecule has 0 atom stereocenters. The van der Waals surface area contributed by atoms with E-state index in [0.29, 0.717) is 6.04 Å². The summed E-state index contributed by atoms with van der Waals surface area (Å²) in [5, 5.41) is 6.15. The van der Waals surface area contributed by atoms with E-state index in [1.54, 1.807) is 11.3 Å². The summed E-state index contributed by atoms with van der Waals surface area (Å²) in [7, 11) is 0. The van der Waals surface area contributed by atoms with Crippen LogP contribution in [0, 0.1) is 0 Å². The predicted octanol–water partition coefficient (Wildman–Crippen LogP) is 3.85. The van der Waals surface area contributed by atoms with E-state index in [-0.39, 0.29) is 0 Å². The SMILES string of the molecule is CC(C)Nc1nc(-c2cc(Br)cs2)ns1. The number of nitrogens with zero attached hydrogens (tertiary/aromatic N) is 2. The molecule has 0 aliphatic heterocycles. The minimum Gasteiger partial charge on any atom is -0.358 e. The van der Waals surface area contributed by atoms with Gasteiger partial charge in [0.2, 0.25) is 5.13 Å². The fraction of sp³-hybridized carbons (Fsp3) is 0.333. The average Bonchev–Trinajstić information content (AvgIpc) is 2.72. The quantitative estimate of drug-likeness (QED) is 0.936. The monoisotopic (exact) mass is 303 g/mol. The van der Waals surface area contributed by atoms with Gasteiger partial charge in [-0.1, -0.05) is 0 Å². The highest BCUT2D eigenvalue weighted by molar-refractivity contribution is 9.10. The van der Waals surface area contributed by atoms with Crippen molar-refractivity contribution in [1.29, 1.82) is 0 Å². The molecule has 0 fully saturated rings. The number of thiophene rings is 1. The Morgan fingerprint density at radius 2 is 2.27 bits per heavy atom. The second-order valence-corrected chi connectivity index (χ2v) is 5.93. The van der Waals surface area contributed by atoms with Crippen LogP contribution < -0.4 is 5.32 Å². The number of nitrogens with one attached hydrogen (secondary N) is 1. The third-order valence-electron chi connectivity index (χ3n) is 1.63. The van der Waals surface area contributed by atoms with Gasteiger partial charge in [0.1, 0.15) is 0 Å². The molecule has 2 aromatic rings. The molecule has 0 radical (unpaired) electrons. The van der Waals surface area contributed by atoms with E-state index in [4.69, 9.17) is 0 Å². The Kier molecular flexibility index (Phi) is 3.38. The molecule has 2 aromatic heterocycles. The number of rotatable bonds is 3. The average molecular weight is 304 g/mol. The molecule has 0 aliphatic rings. The molecule has 0 saturated heterocycles. The first kappa shape index (κ1) is 11.0. The maximum Gasteiger partial charge on any atom is 0.203 e. The van der Waals surface area contributed by atoms with Crippen LogP contribution in [0.2, 0.25) is 0 Å². The number of aromatic nitrogens is 2. The van der Waals surface area contributed by atoms with E-state index in [1.807, 2.05) is 11.4 Å². The van der Waals surface area contributed by atoms with Crippen LogP contribution in [0.25, 0.3) is 10.7 Å². The zero-order valence-electron chi connectivity index (χ0n) is 8.32. The van der Waals surface area contributed by atoms with Crippen LogP contribution in [-0.2, 0) is 0 Å². The Balaban J connectivity index is 2.20. The third-order valence-corrected chi connectivity index (χ3v) is 3.96. The van der Waals surface area contributed by atoms with Gasteiger partial charge in [-0.15, -0.1) is 11.3 Å². The minimum absolute atomic E-state index is 0.390. The lowest BCUT2D eigenvalue weighted by Gasteiger charge is -2.03. The number of anilines is 1. The summed E-state index contributed by atoms with van der Waals surface area (Å²) in [4.78, 5) is 5.51. The Morgan fingerprint density at radius 1 is 1.47 bits per heavy atom. The van der Waals surface area contributed by atoms with E-state index in [2.05, 4.69) is 44.5 Å². The molecule has 1 N–H and O–H groups in total. The summed E-state index contributed by atoms with van der Waals surface area (Å²) in [6.07, 6.45) is 0. The Bertz CT molecular complexity index is 450. The second-order valence-electron chi connectivity index (χ2n) is 3.35. The molecule has 80 valence electrons. The predicted molar refractivity (Wildman–Crippen MR) is 69.7 cm³/mol.